The zero-order valence-electron chi connectivity index (χ0n) is 18.3. The second kappa shape index (κ2) is 12.1. The van der Waals surface area contributed by atoms with Gasteiger partial charge in [-0.05, 0) is 44.2 Å². The van der Waals surface area contributed by atoms with Gasteiger partial charge in [0, 0.05) is 34.4 Å². The van der Waals surface area contributed by atoms with E-state index in [0.29, 0.717) is 18.3 Å². The number of aliphatic imine (C=N–C) groups is 1. The Hall–Kier alpha value is -0.670. The van der Waals surface area contributed by atoms with Gasteiger partial charge >= 0.3 is 0 Å². The molecule has 1 aromatic carbocycles. The minimum atomic E-state index is -0.905. The molecule has 2 atom stereocenters. The molecule has 2 unspecified atom stereocenters. The molecular formula is C21H38IN3O2S. The summed E-state index contributed by atoms with van der Waals surface area (Å²) in [6.07, 6.45) is -0.654. The summed E-state index contributed by atoms with van der Waals surface area (Å²) >= 11 is 0. The smallest absolute Gasteiger partial charge is 0.191 e. The Labute approximate surface area is 190 Å². The van der Waals surface area contributed by atoms with Crippen LogP contribution >= 0.6 is 24.0 Å². The summed E-state index contributed by atoms with van der Waals surface area (Å²) < 4.78 is 11.9. The topological polar surface area (TPSA) is 73.7 Å². The fourth-order valence-corrected chi connectivity index (χ4v) is 3.30. The molecule has 0 heterocycles. The molecule has 0 aromatic heterocycles. The van der Waals surface area contributed by atoms with Crippen LogP contribution < -0.4 is 10.6 Å². The zero-order chi connectivity index (χ0) is 20.7. The number of benzene rings is 1. The van der Waals surface area contributed by atoms with Crippen molar-refractivity contribution in [1.82, 2.24) is 10.6 Å². The van der Waals surface area contributed by atoms with Crippen molar-refractivity contribution >= 4 is 40.7 Å². The molecule has 5 nitrogen and oxygen atoms in total. The molecule has 0 saturated heterocycles. The van der Waals surface area contributed by atoms with Crippen molar-refractivity contribution in [2.75, 3.05) is 25.4 Å². The molecule has 162 valence electrons. The molecule has 0 radical (unpaired) electrons. The van der Waals surface area contributed by atoms with E-state index in [1.165, 1.54) is 5.56 Å². The van der Waals surface area contributed by atoms with E-state index in [4.69, 9.17) is 0 Å². The highest BCUT2D eigenvalue weighted by Gasteiger charge is 2.19. The summed E-state index contributed by atoms with van der Waals surface area (Å²) in [6.45, 7) is 16.0. The molecule has 28 heavy (non-hydrogen) atoms. The van der Waals surface area contributed by atoms with E-state index in [2.05, 4.69) is 48.5 Å². The lowest BCUT2D eigenvalue weighted by Crippen LogP contribution is -2.40. The molecule has 0 fully saturated rings. The fourth-order valence-electron chi connectivity index (χ4n) is 2.40. The fraction of sp³-hybridized carbons (Fsp3) is 0.667. The molecule has 0 aliphatic rings. The summed E-state index contributed by atoms with van der Waals surface area (Å²) in [4.78, 5) is 4.47. The van der Waals surface area contributed by atoms with E-state index in [1.807, 2.05) is 39.8 Å². The molecule has 0 saturated carbocycles. The van der Waals surface area contributed by atoms with Crippen LogP contribution in [-0.2, 0) is 16.2 Å². The Morgan fingerprint density at radius 3 is 2.14 bits per heavy atom. The van der Waals surface area contributed by atoms with Crippen molar-refractivity contribution in [3.63, 3.8) is 0 Å². The van der Waals surface area contributed by atoms with Crippen molar-refractivity contribution in [2.45, 2.75) is 64.7 Å². The summed E-state index contributed by atoms with van der Waals surface area (Å²) in [7, 11) is -0.905. The predicted molar refractivity (Wildman–Crippen MR) is 132 cm³/mol. The monoisotopic (exact) mass is 523 g/mol. The SMILES string of the molecule is CCNC(=NCC(O)c1ccc(C(C)(C)C)cc1)NCCS(=O)C(C)(C)C.I. The number of guanidine groups is 1. The summed E-state index contributed by atoms with van der Waals surface area (Å²) in [5.41, 5.74) is 2.19. The average Bonchev–Trinajstić information content (AvgIpc) is 2.57. The number of hydrogen-bond acceptors (Lipinski definition) is 3. The highest BCUT2D eigenvalue weighted by atomic mass is 127. The van der Waals surface area contributed by atoms with Gasteiger partial charge in [0.15, 0.2) is 5.96 Å². The number of nitrogens with one attached hydrogen (secondary N) is 2. The summed E-state index contributed by atoms with van der Waals surface area (Å²) in [6, 6.07) is 8.06. The van der Waals surface area contributed by atoms with E-state index < -0.39 is 16.9 Å². The van der Waals surface area contributed by atoms with Crippen LogP contribution in [0, 0.1) is 0 Å². The summed E-state index contributed by atoms with van der Waals surface area (Å²) in [5, 5.41) is 16.8. The van der Waals surface area contributed by atoms with Gasteiger partial charge in [-0.25, -0.2) is 0 Å². The maximum atomic E-state index is 12.1. The Balaban J connectivity index is 0.00000729. The minimum Gasteiger partial charge on any atom is -0.386 e. The molecule has 0 spiro atoms. The lowest BCUT2D eigenvalue weighted by Gasteiger charge is -2.20. The van der Waals surface area contributed by atoms with Crippen LogP contribution in [0.3, 0.4) is 0 Å². The number of aliphatic hydroxyl groups excluding tert-OH is 1. The number of rotatable bonds is 7. The lowest BCUT2D eigenvalue weighted by molar-refractivity contribution is 0.187. The van der Waals surface area contributed by atoms with Crippen LogP contribution in [0.4, 0.5) is 0 Å². The molecular weight excluding hydrogens is 485 g/mol. The van der Waals surface area contributed by atoms with Gasteiger partial charge in [0.2, 0.25) is 0 Å². The van der Waals surface area contributed by atoms with Crippen LogP contribution in [0.2, 0.25) is 0 Å². The maximum absolute atomic E-state index is 12.1. The Morgan fingerprint density at radius 2 is 1.68 bits per heavy atom. The molecule has 0 aliphatic carbocycles. The first-order chi connectivity index (χ1) is 12.4. The molecule has 3 N–H and O–H groups in total. The number of nitrogens with zero attached hydrogens (tertiary/aromatic N) is 1. The Morgan fingerprint density at radius 1 is 1.11 bits per heavy atom. The van der Waals surface area contributed by atoms with Crippen molar-refractivity contribution in [3.05, 3.63) is 35.4 Å². The Kier molecular flexibility index (Phi) is 11.8. The van der Waals surface area contributed by atoms with Crippen molar-refractivity contribution in [3.8, 4) is 0 Å². The second-order valence-corrected chi connectivity index (χ2v) is 11.0. The van der Waals surface area contributed by atoms with Gasteiger partial charge in [-0.1, -0.05) is 45.0 Å². The van der Waals surface area contributed by atoms with Crippen LogP contribution in [-0.4, -0.2) is 45.4 Å². The van der Waals surface area contributed by atoms with Gasteiger partial charge in [0.05, 0.1) is 12.6 Å². The molecule has 1 rings (SSSR count). The Bertz CT molecular complexity index is 635. The highest BCUT2D eigenvalue weighted by molar-refractivity contribution is 14.0. The number of hydrogen-bond donors (Lipinski definition) is 3. The quantitative estimate of drug-likeness (QED) is 0.289. The summed E-state index contributed by atoms with van der Waals surface area (Å²) in [5.74, 6) is 1.19. The first-order valence-electron chi connectivity index (χ1n) is 9.64. The van der Waals surface area contributed by atoms with Gasteiger partial charge in [0.25, 0.3) is 0 Å². The van der Waals surface area contributed by atoms with Gasteiger partial charge in [-0.15, -0.1) is 24.0 Å². The van der Waals surface area contributed by atoms with E-state index in [1.54, 1.807) is 0 Å². The largest absolute Gasteiger partial charge is 0.386 e. The van der Waals surface area contributed by atoms with E-state index in [9.17, 15) is 9.32 Å². The van der Waals surface area contributed by atoms with Gasteiger partial charge in [-0.2, -0.15) is 0 Å². The number of halogens is 1. The van der Waals surface area contributed by atoms with Crippen LogP contribution in [0.1, 0.15) is 65.7 Å². The van der Waals surface area contributed by atoms with Crippen molar-refractivity contribution < 1.29 is 9.32 Å². The zero-order valence-corrected chi connectivity index (χ0v) is 21.5. The molecule has 0 amide bonds. The van der Waals surface area contributed by atoms with E-state index in [0.717, 1.165) is 12.1 Å². The van der Waals surface area contributed by atoms with Crippen LogP contribution in [0.5, 0.6) is 0 Å². The van der Waals surface area contributed by atoms with Crippen molar-refractivity contribution in [2.24, 2.45) is 4.99 Å². The minimum absolute atomic E-state index is 0. The molecule has 0 aliphatic heterocycles. The third-order valence-corrected chi connectivity index (χ3v) is 6.13. The maximum Gasteiger partial charge on any atom is 0.191 e. The molecule has 1 aromatic rings. The molecule has 0 bridgehead atoms. The second-order valence-electron chi connectivity index (χ2n) is 8.70. The van der Waals surface area contributed by atoms with Crippen molar-refractivity contribution in [1.29, 1.82) is 0 Å². The van der Waals surface area contributed by atoms with Gasteiger partial charge in [0.1, 0.15) is 0 Å². The van der Waals surface area contributed by atoms with Gasteiger partial charge < -0.3 is 15.7 Å². The molecule has 7 heteroatoms. The average molecular weight is 524 g/mol. The first kappa shape index (κ1) is 27.3. The van der Waals surface area contributed by atoms with E-state index in [-0.39, 0.29) is 40.7 Å². The standard InChI is InChI=1S/C21H37N3O2S.HI/c1-8-22-19(23-13-14-27(26)21(5,6)7)24-15-18(25)16-9-11-17(12-10-16)20(2,3)4;/h9-12,18,25H,8,13-15H2,1-7H3,(H2,22,23,24);1H. The third-order valence-electron chi connectivity index (χ3n) is 4.19. The van der Waals surface area contributed by atoms with Crippen LogP contribution in [0.15, 0.2) is 29.3 Å². The normalized spacial score (nSPS) is 14.8. The third kappa shape index (κ3) is 9.69. The highest BCUT2D eigenvalue weighted by Crippen LogP contribution is 2.24. The predicted octanol–water partition coefficient (Wildman–Crippen LogP) is 3.74. The number of aliphatic hydroxyl groups is 1. The first-order valence-corrected chi connectivity index (χ1v) is 11.0. The van der Waals surface area contributed by atoms with E-state index >= 15 is 0 Å². The van der Waals surface area contributed by atoms with Crippen LogP contribution in [0.25, 0.3) is 0 Å². The lowest BCUT2D eigenvalue weighted by atomic mass is 9.86. The van der Waals surface area contributed by atoms with Gasteiger partial charge in [-0.3, -0.25) is 9.20 Å².